The van der Waals surface area contributed by atoms with Gasteiger partial charge in [0.15, 0.2) is 5.82 Å². The molecule has 2 aromatic heterocycles. The average molecular weight is 400 g/mol. The van der Waals surface area contributed by atoms with E-state index in [0.717, 1.165) is 5.52 Å². The molecule has 0 fully saturated rings. The zero-order valence-corrected chi connectivity index (χ0v) is 15.4. The normalized spacial score (nSPS) is 11.4. The van der Waals surface area contributed by atoms with Crippen LogP contribution >= 0.6 is 11.6 Å². The number of pyridine rings is 1. The standard InChI is InChI=1S/C18H14ClN5O2S/c19-14-4-1-2-5-15(14)24-27(25,26)13-9-7-12(8-10-13)21-18-17-16(22-23-18)6-3-11-20-17/h1-11,24H,(H2,21,22,23). The maximum atomic E-state index is 12.5. The molecule has 0 atom stereocenters. The smallest absolute Gasteiger partial charge is 0.261 e. The zero-order chi connectivity index (χ0) is 18.9. The number of nitrogens with zero attached hydrogens (tertiary/aromatic N) is 2. The Balaban J connectivity index is 1.56. The summed E-state index contributed by atoms with van der Waals surface area (Å²) in [5, 5.41) is 10.5. The summed E-state index contributed by atoms with van der Waals surface area (Å²) in [5.41, 5.74) is 2.53. The topological polar surface area (TPSA) is 99.8 Å². The van der Waals surface area contributed by atoms with E-state index in [-0.39, 0.29) is 4.90 Å². The van der Waals surface area contributed by atoms with Gasteiger partial charge >= 0.3 is 0 Å². The van der Waals surface area contributed by atoms with Gasteiger partial charge in [-0.25, -0.2) is 8.42 Å². The Morgan fingerprint density at radius 2 is 1.74 bits per heavy atom. The predicted molar refractivity (Wildman–Crippen MR) is 106 cm³/mol. The maximum Gasteiger partial charge on any atom is 0.261 e. The van der Waals surface area contributed by atoms with E-state index >= 15 is 0 Å². The Hall–Kier alpha value is -3.10. The molecule has 7 nitrogen and oxygen atoms in total. The number of aromatic amines is 1. The molecule has 0 unspecified atom stereocenters. The fourth-order valence-corrected chi connectivity index (χ4v) is 3.86. The third-order valence-electron chi connectivity index (χ3n) is 3.87. The summed E-state index contributed by atoms with van der Waals surface area (Å²) < 4.78 is 27.6. The van der Waals surface area contributed by atoms with Crippen molar-refractivity contribution in [1.29, 1.82) is 0 Å². The SMILES string of the molecule is O=S(=O)(Nc1ccccc1Cl)c1ccc(Nc2n[nH]c3cccnc23)cc1. The molecule has 0 saturated carbocycles. The molecule has 27 heavy (non-hydrogen) atoms. The Bertz CT molecular complexity index is 1210. The van der Waals surface area contributed by atoms with Gasteiger partial charge in [0, 0.05) is 11.9 Å². The summed E-state index contributed by atoms with van der Waals surface area (Å²) in [6.45, 7) is 0. The number of aromatic nitrogens is 3. The van der Waals surface area contributed by atoms with E-state index in [9.17, 15) is 8.42 Å². The van der Waals surface area contributed by atoms with E-state index in [1.54, 1.807) is 42.6 Å². The lowest BCUT2D eigenvalue weighted by molar-refractivity contribution is 0.601. The Kier molecular flexibility index (Phi) is 4.43. The molecule has 0 saturated heterocycles. The first-order valence-electron chi connectivity index (χ1n) is 7.96. The molecule has 0 aliphatic heterocycles. The number of benzene rings is 2. The number of para-hydroxylation sites is 1. The number of hydrogen-bond acceptors (Lipinski definition) is 5. The summed E-state index contributed by atoms with van der Waals surface area (Å²) in [7, 11) is -3.75. The van der Waals surface area contributed by atoms with Gasteiger partial charge in [-0.05, 0) is 48.5 Å². The third kappa shape index (κ3) is 3.57. The van der Waals surface area contributed by atoms with Crippen LogP contribution in [0.2, 0.25) is 5.02 Å². The Morgan fingerprint density at radius 3 is 2.52 bits per heavy atom. The van der Waals surface area contributed by atoms with E-state index in [2.05, 4.69) is 25.2 Å². The lowest BCUT2D eigenvalue weighted by Gasteiger charge is -2.10. The van der Waals surface area contributed by atoms with Crippen molar-refractivity contribution in [2.45, 2.75) is 4.90 Å². The molecule has 0 aliphatic rings. The summed E-state index contributed by atoms with van der Waals surface area (Å²) in [6.07, 6.45) is 1.68. The van der Waals surface area contributed by atoms with Crippen molar-refractivity contribution in [2.75, 3.05) is 10.0 Å². The molecule has 0 amide bonds. The number of sulfonamides is 1. The lowest BCUT2D eigenvalue weighted by atomic mass is 10.3. The highest BCUT2D eigenvalue weighted by Gasteiger charge is 2.16. The first kappa shape index (κ1) is 17.3. The van der Waals surface area contributed by atoms with Crippen LogP contribution in [0.3, 0.4) is 0 Å². The van der Waals surface area contributed by atoms with Crippen LogP contribution in [0.4, 0.5) is 17.2 Å². The number of hydrogen-bond donors (Lipinski definition) is 3. The van der Waals surface area contributed by atoms with E-state index in [0.29, 0.717) is 27.7 Å². The van der Waals surface area contributed by atoms with Crippen molar-refractivity contribution in [1.82, 2.24) is 15.2 Å². The van der Waals surface area contributed by atoms with Gasteiger partial charge in [-0.2, -0.15) is 5.10 Å². The molecule has 4 aromatic rings. The van der Waals surface area contributed by atoms with Crippen LogP contribution in [0.1, 0.15) is 0 Å². The van der Waals surface area contributed by atoms with E-state index in [4.69, 9.17) is 11.6 Å². The minimum absolute atomic E-state index is 0.123. The highest BCUT2D eigenvalue weighted by Crippen LogP contribution is 2.26. The quantitative estimate of drug-likeness (QED) is 0.468. The largest absolute Gasteiger partial charge is 0.337 e. The van der Waals surface area contributed by atoms with Crippen molar-refractivity contribution in [2.24, 2.45) is 0 Å². The Morgan fingerprint density at radius 1 is 0.963 bits per heavy atom. The molecule has 0 radical (unpaired) electrons. The van der Waals surface area contributed by atoms with Crippen LogP contribution in [0.5, 0.6) is 0 Å². The van der Waals surface area contributed by atoms with E-state index < -0.39 is 10.0 Å². The van der Waals surface area contributed by atoms with Gasteiger partial charge in [-0.3, -0.25) is 14.8 Å². The summed E-state index contributed by atoms with van der Waals surface area (Å²) >= 11 is 6.02. The number of fused-ring (bicyclic) bond motifs is 1. The second-order valence-electron chi connectivity index (χ2n) is 5.71. The van der Waals surface area contributed by atoms with Gasteiger partial charge in [0.2, 0.25) is 0 Å². The third-order valence-corrected chi connectivity index (χ3v) is 5.58. The average Bonchev–Trinajstić information content (AvgIpc) is 3.07. The maximum absolute atomic E-state index is 12.5. The van der Waals surface area contributed by atoms with Crippen LogP contribution in [0, 0.1) is 0 Å². The highest BCUT2D eigenvalue weighted by molar-refractivity contribution is 7.92. The number of halogens is 1. The number of rotatable bonds is 5. The molecular formula is C18H14ClN5O2S. The molecule has 0 bridgehead atoms. The molecule has 2 heterocycles. The molecule has 2 aromatic carbocycles. The molecular weight excluding hydrogens is 386 g/mol. The molecule has 136 valence electrons. The monoisotopic (exact) mass is 399 g/mol. The Labute approximate surface area is 160 Å². The van der Waals surface area contributed by atoms with Gasteiger partial charge < -0.3 is 5.32 Å². The van der Waals surface area contributed by atoms with Crippen molar-refractivity contribution < 1.29 is 8.42 Å². The van der Waals surface area contributed by atoms with Crippen molar-refractivity contribution >= 4 is 49.9 Å². The molecule has 9 heteroatoms. The van der Waals surface area contributed by atoms with Gasteiger partial charge in [0.05, 0.1) is 21.1 Å². The molecule has 0 aliphatic carbocycles. The minimum atomic E-state index is -3.75. The van der Waals surface area contributed by atoms with Crippen LogP contribution in [-0.2, 0) is 10.0 Å². The molecule has 4 rings (SSSR count). The van der Waals surface area contributed by atoms with Gasteiger partial charge in [-0.1, -0.05) is 23.7 Å². The summed E-state index contributed by atoms with van der Waals surface area (Å²) in [4.78, 5) is 4.40. The number of nitrogens with one attached hydrogen (secondary N) is 3. The fourth-order valence-electron chi connectivity index (χ4n) is 2.54. The van der Waals surface area contributed by atoms with Crippen LogP contribution in [-0.4, -0.2) is 23.6 Å². The van der Waals surface area contributed by atoms with Gasteiger partial charge in [0.1, 0.15) is 5.52 Å². The van der Waals surface area contributed by atoms with Crippen molar-refractivity contribution in [3.8, 4) is 0 Å². The first-order chi connectivity index (χ1) is 13.0. The fraction of sp³-hybridized carbons (Fsp3) is 0. The molecule has 0 spiro atoms. The van der Waals surface area contributed by atoms with Gasteiger partial charge in [0.25, 0.3) is 10.0 Å². The van der Waals surface area contributed by atoms with Crippen molar-refractivity contribution in [3.63, 3.8) is 0 Å². The number of H-pyrrole nitrogens is 1. The second kappa shape index (κ2) is 6.90. The molecule has 3 N–H and O–H groups in total. The van der Waals surface area contributed by atoms with Crippen molar-refractivity contribution in [3.05, 3.63) is 71.9 Å². The van der Waals surface area contributed by atoms with Crippen LogP contribution in [0.25, 0.3) is 11.0 Å². The first-order valence-corrected chi connectivity index (χ1v) is 9.82. The second-order valence-corrected chi connectivity index (χ2v) is 7.80. The summed E-state index contributed by atoms with van der Waals surface area (Å²) in [5.74, 6) is 0.565. The predicted octanol–water partition coefficient (Wildman–Crippen LogP) is 4.16. The minimum Gasteiger partial charge on any atom is -0.337 e. The highest BCUT2D eigenvalue weighted by atomic mass is 35.5. The lowest BCUT2D eigenvalue weighted by Crippen LogP contribution is -2.13. The van der Waals surface area contributed by atoms with Crippen LogP contribution < -0.4 is 10.0 Å². The van der Waals surface area contributed by atoms with E-state index in [1.165, 1.54) is 12.1 Å². The van der Waals surface area contributed by atoms with Crippen LogP contribution in [0.15, 0.2) is 71.8 Å². The van der Waals surface area contributed by atoms with E-state index in [1.807, 2.05) is 12.1 Å². The number of anilines is 3. The summed E-state index contributed by atoms with van der Waals surface area (Å²) in [6, 6.07) is 16.7. The zero-order valence-electron chi connectivity index (χ0n) is 13.8. The van der Waals surface area contributed by atoms with Gasteiger partial charge in [-0.15, -0.1) is 0 Å².